The van der Waals surface area contributed by atoms with E-state index < -0.39 is 10.0 Å². The molecule has 3 heterocycles. The fourth-order valence-corrected chi connectivity index (χ4v) is 5.11. The van der Waals surface area contributed by atoms with Crippen molar-refractivity contribution in [3.63, 3.8) is 0 Å². The van der Waals surface area contributed by atoms with E-state index in [0.717, 1.165) is 36.1 Å². The summed E-state index contributed by atoms with van der Waals surface area (Å²) in [6.45, 7) is 7.64. The van der Waals surface area contributed by atoms with E-state index in [2.05, 4.69) is 52.7 Å². The predicted octanol–water partition coefficient (Wildman–Crippen LogP) is 3.89. The minimum absolute atomic E-state index is 0.0539. The number of H-pyrrole nitrogens is 1. The van der Waals surface area contributed by atoms with Crippen molar-refractivity contribution in [1.29, 1.82) is 0 Å². The molecule has 10 heteroatoms. The summed E-state index contributed by atoms with van der Waals surface area (Å²) in [5.74, 6) is 0.858. The lowest BCUT2D eigenvalue weighted by molar-refractivity contribution is 0.0715. The van der Waals surface area contributed by atoms with Crippen molar-refractivity contribution in [2.75, 3.05) is 41.3 Å². The van der Waals surface area contributed by atoms with E-state index in [1.54, 1.807) is 24.4 Å². The number of aromatic nitrogens is 2. The Morgan fingerprint density at radius 3 is 2.57 bits per heavy atom. The summed E-state index contributed by atoms with van der Waals surface area (Å²) in [7, 11) is -1.34. The van der Waals surface area contributed by atoms with E-state index >= 15 is 0 Å². The van der Waals surface area contributed by atoms with Gasteiger partial charge in [0.1, 0.15) is 0 Å². The third-order valence-electron chi connectivity index (χ3n) is 6.15. The van der Waals surface area contributed by atoms with Gasteiger partial charge < -0.3 is 20.1 Å². The van der Waals surface area contributed by atoms with Gasteiger partial charge >= 0.3 is 0 Å². The molecule has 1 aliphatic heterocycles. The molecule has 0 bridgehead atoms. The number of nitrogens with zero attached hydrogens (tertiary/aromatic N) is 3. The molecule has 0 aliphatic carbocycles. The summed E-state index contributed by atoms with van der Waals surface area (Å²) < 4.78 is 25.7. The van der Waals surface area contributed by atoms with E-state index in [0.29, 0.717) is 29.7 Å². The zero-order chi connectivity index (χ0) is 25.4. The number of sulfonamides is 1. The van der Waals surface area contributed by atoms with Crippen molar-refractivity contribution in [3.05, 3.63) is 48.3 Å². The number of nitrogens with one attached hydrogen (secondary N) is 3. The lowest BCUT2D eigenvalue weighted by Crippen LogP contribution is -2.46. The van der Waals surface area contributed by atoms with Crippen LogP contribution in [0.1, 0.15) is 44.0 Å². The SMILES string of the molecule is CN(c1ncccc1NC(C)(C)C)C1CCN(C(=O)c2c[nH]c3ccc(NS(C)(=O)=O)cc23)CC1. The molecule has 4 rings (SSSR count). The minimum Gasteiger partial charge on any atom is -0.377 e. The number of amides is 1. The Labute approximate surface area is 207 Å². The molecule has 1 fully saturated rings. The zero-order valence-corrected chi connectivity index (χ0v) is 21.7. The number of hydrogen-bond acceptors (Lipinski definition) is 6. The lowest BCUT2D eigenvalue weighted by atomic mass is 10.0. The largest absolute Gasteiger partial charge is 0.377 e. The number of rotatable bonds is 6. The molecule has 0 radical (unpaired) electrons. The average molecular weight is 499 g/mol. The topological polar surface area (TPSA) is 110 Å². The molecule has 0 atom stereocenters. The van der Waals surface area contributed by atoms with Crippen LogP contribution in [0.5, 0.6) is 0 Å². The maximum absolute atomic E-state index is 13.4. The summed E-state index contributed by atoms with van der Waals surface area (Å²) in [6, 6.07) is 9.40. The average Bonchev–Trinajstić information content (AvgIpc) is 3.20. The van der Waals surface area contributed by atoms with Gasteiger partial charge in [0.2, 0.25) is 10.0 Å². The van der Waals surface area contributed by atoms with Crippen LogP contribution in [0.4, 0.5) is 17.2 Å². The van der Waals surface area contributed by atoms with Crippen molar-refractivity contribution in [2.24, 2.45) is 0 Å². The Balaban J connectivity index is 1.46. The molecule has 1 amide bonds. The van der Waals surface area contributed by atoms with Crippen LogP contribution >= 0.6 is 0 Å². The lowest BCUT2D eigenvalue weighted by Gasteiger charge is -2.38. The van der Waals surface area contributed by atoms with Crippen LogP contribution in [0.2, 0.25) is 0 Å². The molecule has 3 aromatic rings. The summed E-state index contributed by atoms with van der Waals surface area (Å²) in [5.41, 5.74) is 2.69. The zero-order valence-electron chi connectivity index (χ0n) is 20.9. The van der Waals surface area contributed by atoms with Crippen molar-refractivity contribution < 1.29 is 13.2 Å². The molecule has 9 nitrogen and oxygen atoms in total. The van der Waals surface area contributed by atoms with Gasteiger partial charge in [0.25, 0.3) is 5.91 Å². The number of hydrogen-bond donors (Lipinski definition) is 3. The maximum Gasteiger partial charge on any atom is 0.256 e. The molecule has 35 heavy (non-hydrogen) atoms. The Hall–Kier alpha value is -3.27. The second-order valence-corrected chi connectivity index (χ2v) is 12.0. The maximum atomic E-state index is 13.4. The Kier molecular flexibility index (Phi) is 6.68. The van der Waals surface area contributed by atoms with Gasteiger partial charge in [0.05, 0.1) is 17.5 Å². The van der Waals surface area contributed by atoms with E-state index in [9.17, 15) is 13.2 Å². The highest BCUT2D eigenvalue weighted by molar-refractivity contribution is 7.92. The molecule has 0 unspecified atom stereocenters. The highest BCUT2D eigenvalue weighted by Crippen LogP contribution is 2.30. The van der Waals surface area contributed by atoms with Gasteiger partial charge in [-0.2, -0.15) is 0 Å². The smallest absolute Gasteiger partial charge is 0.256 e. The monoisotopic (exact) mass is 498 g/mol. The number of carbonyl (C=O) groups excluding carboxylic acids is 1. The van der Waals surface area contributed by atoms with Crippen LogP contribution in [-0.4, -0.2) is 67.2 Å². The fraction of sp³-hybridized carbons (Fsp3) is 0.440. The van der Waals surface area contributed by atoms with E-state index in [1.807, 2.05) is 23.2 Å². The quantitative estimate of drug-likeness (QED) is 0.476. The van der Waals surface area contributed by atoms with Crippen molar-refractivity contribution in [2.45, 2.75) is 45.2 Å². The first-order valence-corrected chi connectivity index (χ1v) is 13.6. The molecule has 1 saturated heterocycles. The van der Waals surface area contributed by atoms with Crippen LogP contribution in [0.3, 0.4) is 0 Å². The van der Waals surface area contributed by atoms with Crippen LogP contribution in [0, 0.1) is 0 Å². The van der Waals surface area contributed by atoms with Crippen LogP contribution < -0.4 is 14.9 Å². The number of fused-ring (bicyclic) bond motifs is 1. The first-order chi connectivity index (χ1) is 16.4. The van der Waals surface area contributed by atoms with Crippen molar-refractivity contribution in [1.82, 2.24) is 14.9 Å². The second-order valence-electron chi connectivity index (χ2n) is 10.2. The standard InChI is InChI=1S/C25H34N6O3S/c1-25(2,3)28-22-7-6-12-26-23(22)30(4)18-10-13-31(14-11-18)24(32)20-16-27-21-9-8-17(15-19(20)21)29-35(5,33)34/h6-9,12,15-16,18,27-29H,10-11,13-14H2,1-5H3. The number of carbonyl (C=O) groups is 1. The van der Waals surface area contributed by atoms with E-state index in [1.165, 1.54) is 0 Å². The molecular weight excluding hydrogens is 464 g/mol. The molecule has 1 aromatic carbocycles. The van der Waals surface area contributed by atoms with E-state index in [4.69, 9.17) is 0 Å². The van der Waals surface area contributed by atoms with Gasteiger partial charge in [-0.1, -0.05) is 0 Å². The van der Waals surface area contributed by atoms with Crippen molar-refractivity contribution >= 4 is 44.0 Å². The third-order valence-corrected chi connectivity index (χ3v) is 6.75. The van der Waals surface area contributed by atoms with Gasteiger partial charge in [-0.3, -0.25) is 9.52 Å². The Morgan fingerprint density at radius 1 is 1.20 bits per heavy atom. The molecule has 1 aliphatic rings. The van der Waals surface area contributed by atoms with Gasteiger partial charge in [-0.25, -0.2) is 13.4 Å². The highest BCUT2D eigenvalue weighted by atomic mass is 32.2. The van der Waals surface area contributed by atoms with E-state index in [-0.39, 0.29) is 17.5 Å². The molecule has 2 aromatic heterocycles. The van der Waals surface area contributed by atoms with Crippen molar-refractivity contribution in [3.8, 4) is 0 Å². The summed E-state index contributed by atoms with van der Waals surface area (Å²) in [6.07, 6.45) is 6.28. The first kappa shape index (κ1) is 24.8. The summed E-state index contributed by atoms with van der Waals surface area (Å²) >= 11 is 0. The highest BCUT2D eigenvalue weighted by Gasteiger charge is 2.29. The first-order valence-electron chi connectivity index (χ1n) is 11.8. The van der Waals surface area contributed by atoms with Gasteiger partial charge in [-0.05, 0) is 63.9 Å². The van der Waals surface area contributed by atoms with Crippen LogP contribution in [0.25, 0.3) is 10.9 Å². The summed E-state index contributed by atoms with van der Waals surface area (Å²) in [4.78, 5) is 25.2. The normalized spacial score (nSPS) is 15.3. The number of anilines is 3. The predicted molar refractivity (Wildman–Crippen MR) is 142 cm³/mol. The number of piperidine rings is 1. The molecule has 188 valence electrons. The van der Waals surface area contributed by atoms with Crippen LogP contribution in [0.15, 0.2) is 42.7 Å². The summed E-state index contributed by atoms with van der Waals surface area (Å²) in [5, 5.41) is 4.24. The Bertz CT molecular complexity index is 1320. The van der Waals surface area contributed by atoms with Crippen LogP contribution in [-0.2, 0) is 10.0 Å². The molecule has 3 N–H and O–H groups in total. The Morgan fingerprint density at radius 2 is 1.91 bits per heavy atom. The second kappa shape index (κ2) is 9.41. The molecular formula is C25H34N6O3S. The fourth-order valence-electron chi connectivity index (χ4n) is 4.55. The molecule has 0 saturated carbocycles. The molecule has 0 spiro atoms. The van der Waals surface area contributed by atoms with Gasteiger partial charge in [0, 0.05) is 60.7 Å². The van der Waals surface area contributed by atoms with Gasteiger partial charge in [-0.15, -0.1) is 0 Å². The minimum atomic E-state index is -3.40. The number of aromatic amines is 1. The number of likely N-dealkylation sites (tertiary alicyclic amines) is 1. The number of pyridine rings is 1. The van der Waals surface area contributed by atoms with Gasteiger partial charge in [0.15, 0.2) is 5.82 Å². The number of benzene rings is 1. The third kappa shape index (κ3) is 5.87.